The molecule has 0 bridgehead atoms. The third-order valence-electron chi connectivity index (χ3n) is 3.34. The summed E-state index contributed by atoms with van der Waals surface area (Å²) >= 11 is 2.50. The van der Waals surface area contributed by atoms with Gasteiger partial charge < -0.3 is 9.84 Å². The quantitative estimate of drug-likeness (QED) is 0.566. The van der Waals surface area contributed by atoms with E-state index in [1.807, 2.05) is 0 Å². The van der Waals surface area contributed by atoms with E-state index in [9.17, 15) is 5.11 Å². The molecule has 96 valence electrons. The molecule has 0 aliphatic carbocycles. The number of aliphatic hydroxyl groups excluding tert-OH is 1. The van der Waals surface area contributed by atoms with Crippen LogP contribution in [0.5, 0.6) is 0 Å². The van der Waals surface area contributed by atoms with Gasteiger partial charge in [-0.1, -0.05) is 55.7 Å². The molecule has 0 saturated carbocycles. The molecule has 1 fully saturated rings. The Morgan fingerprint density at radius 1 is 1.19 bits per heavy atom. The number of halogens is 1. The summed E-state index contributed by atoms with van der Waals surface area (Å²) in [6.07, 6.45) is 8.00. The summed E-state index contributed by atoms with van der Waals surface area (Å²) in [6, 6.07) is 0. The van der Waals surface area contributed by atoms with Crippen LogP contribution in [0.3, 0.4) is 0 Å². The lowest BCUT2D eigenvalue weighted by Crippen LogP contribution is -2.28. The Hall–Kier alpha value is 0.650. The maximum Gasteiger partial charge on any atom is 0.0839 e. The number of unbranched alkanes of at least 4 members (excludes halogenated alkanes) is 1. The van der Waals surface area contributed by atoms with Crippen molar-refractivity contribution in [3.05, 3.63) is 0 Å². The molecule has 1 saturated heterocycles. The number of hydrogen-bond acceptors (Lipinski definition) is 2. The Bertz CT molecular complexity index is 187. The summed E-state index contributed by atoms with van der Waals surface area (Å²) < 4.78 is 6.59. The van der Waals surface area contributed by atoms with Gasteiger partial charge in [-0.15, -0.1) is 0 Å². The van der Waals surface area contributed by atoms with Crippen LogP contribution in [0, 0.1) is 0 Å². The van der Waals surface area contributed by atoms with E-state index < -0.39 is 0 Å². The average Bonchev–Trinajstić information content (AvgIpc) is 2.75. The highest BCUT2D eigenvalue weighted by molar-refractivity contribution is 14.1. The highest BCUT2D eigenvalue weighted by Crippen LogP contribution is 2.30. The van der Waals surface area contributed by atoms with E-state index in [0.29, 0.717) is 10.0 Å². The molecule has 1 heterocycles. The van der Waals surface area contributed by atoms with E-state index in [4.69, 9.17) is 4.74 Å². The summed E-state index contributed by atoms with van der Waals surface area (Å²) in [5.74, 6) is 0. The van der Waals surface area contributed by atoms with Crippen molar-refractivity contribution < 1.29 is 9.84 Å². The van der Waals surface area contributed by atoms with E-state index in [0.717, 1.165) is 32.1 Å². The van der Waals surface area contributed by atoms with Crippen molar-refractivity contribution in [1.29, 1.82) is 0 Å². The molecular weight excluding hydrogens is 315 g/mol. The predicted molar refractivity (Wildman–Crippen MR) is 76.1 cm³/mol. The summed E-state index contributed by atoms with van der Waals surface area (Å²) in [6.45, 7) is 4.38. The van der Waals surface area contributed by atoms with Crippen LogP contribution in [0.15, 0.2) is 0 Å². The first-order chi connectivity index (χ1) is 7.69. The lowest BCUT2D eigenvalue weighted by atomic mass is 10.0. The molecule has 16 heavy (non-hydrogen) atoms. The third-order valence-corrected chi connectivity index (χ3v) is 4.76. The molecule has 0 spiro atoms. The van der Waals surface area contributed by atoms with Crippen LogP contribution >= 0.6 is 22.6 Å². The largest absolute Gasteiger partial charge is 0.390 e. The van der Waals surface area contributed by atoms with Gasteiger partial charge in [0, 0.05) is 3.92 Å². The van der Waals surface area contributed by atoms with Crippen molar-refractivity contribution in [2.45, 2.75) is 81.0 Å². The van der Waals surface area contributed by atoms with Gasteiger partial charge in [-0.05, 0) is 25.7 Å². The minimum absolute atomic E-state index is 0.102. The zero-order valence-electron chi connectivity index (χ0n) is 10.5. The van der Waals surface area contributed by atoms with E-state index in [2.05, 4.69) is 36.4 Å². The van der Waals surface area contributed by atoms with Gasteiger partial charge in [0.15, 0.2) is 0 Å². The second-order valence-corrected chi connectivity index (χ2v) is 6.40. The fourth-order valence-electron chi connectivity index (χ4n) is 2.30. The van der Waals surface area contributed by atoms with Crippen molar-refractivity contribution in [2.75, 3.05) is 0 Å². The van der Waals surface area contributed by atoms with Crippen molar-refractivity contribution in [3.63, 3.8) is 0 Å². The van der Waals surface area contributed by atoms with Crippen molar-refractivity contribution in [1.82, 2.24) is 0 Å². The van der Waals surface area contributed by atoms with Crippen LogP contribution in [0.1, 0.15) is 58.8 Å². The second-order valence-electron chi connectivity index (χ2n) is 4.80. The van der Waals surface area contributed by atoms with Crippen molar-refractivity contribution in [3.8, 4) is 0 Å². The zero-order chi connectivity index (χ0) is 12.0. The molecule has 1 aliphatic rings. The first-order valence-electron chi connectivity index (χ1n) is 6.66. The lowest BCUT2D eigenvalue weighted by molar-refractivity contribution is -0.0368. The zero-order valence-corrected chi connectivity index (χ0v) is 12.7. The highest BCUT2D eigenvalue weighted by atomic mass is 127. The topological polar surface area (TPSA) is 29.5 Å². The van der Waals surface area contributed by atoms with E-state index >= 15 is 0 Å². The summed E-state index contributed by atoms with van der Waals surface area (Å²) in [4.78, 5) is 0. The molecule has 3 heteroatoms. The van der Waals surface area contributed by atoms with Gasteiger partial charge in [-0.2, -0.15) is 0 Å². The molecule has 1 N–H and O–H groups in total. The number of ether oxygens (including phenoxy) is 1. The predicted octanol–water partition coefficient (Wildman–Crippen LogP) is 3.69. The lowest BCUT2D eigenvalue weighted by Gasteiger charge is -2.21. The minimum Gasteiger partial charge on any atom is -0.390 e. The first-order valence-corrected chi connectivity index (χ1v) is 7.91. The van der Waals surface area contributed by atoms with E-state index in [1.165, 1.54) is 12.8 Å². The van der Waals surface area contributed by atoms with Crippen LogP contribution in [0.25, 0.3) is 0 Å². The standard InChI is InChI=1S/C13H25IO2/c1-3-5-7-11(15)13-9-8-12(16-13)10(14)6-4-2/h10-13,15H,3-9H2,1-2H3/t10-,11-,12-,13-/m1/s1. The Kier molecular flexibility index (Phi) is 7.24. The fourth-order valence-corrected chi connectivity index (χ4v) is 3.45. The van der Waals surface area contributed by atoms with Crippen LogP contribution in [-0.2, 0) is 4.74 Å². The average molecular weight is 340 g/mol. The molecular formula is C13H25IO2. The summed E-state index contributed by atoms with van der Waals surface area (Å²) in [5.41, 5.74) is 0. The highest BCUT2D eigenvalue weighted by Gasteiger charge is 2.33. The van der Waals surface area contributed by atoms with Gasteiger partial charge in [0.2, 0.25) is 0 Å². The molecule has 0 amide bonds. The first kappa shape index (κ1) is 14.7. The molecule has 0 aromatic carbocycles. The van der Waals surface area contributed by atoms with Crippen LogP contribution in [-0.4, -0.2) is 27.3 Å². The third kappa shape index (κ3) is 4.49. The molecule has 4 atom stereocenters. The Labute approximate surface area is 113 Å². The molecule has 1 aliphatic heterocycles. The maximum atomic E-state index is 9.98. The fraction of sp³-hybridized carbons (Fsp3) is 1.00. The van der Waals surface area contributed by atoms with Crippen molar-refractivity contribution in [2.24, 2.45) is 0 Å². The minimum atomic E-state index is -0.241. The smallest absolute Gasteiger partial charge is 0.0839 e. The van der Waals surface area contributed by atoms with Gasteiger partial charge in [0.05, 0.1) is 18.3 Å². The van der Waals surface area contributed by atoms with Crippen LogP contribution in [0.2, 0.25) is 0 Å². The van der Waals surface area contributed by atoms with Gasteiger partial charge >= 0.3 is 0 Å². The number of hydrogen-bond donors (Lipinski definition) is 1. The molecule has 0 aromatic heterocycles. The van der Waals surface area contributed by atoms with Crippen molar-refractivity contribution >= 4 is 22.6 Å². The monoisotopic (exact) mass is 340 g/mol. The van der Waals surface area contributed by atoms with Gasteiger partial charge in [0.1, 0.15) is 0 Å². The molecule has 0 radical (unpaired) electrons. The van der Waals surface area contributed by atoms with Gasteiger partial charge in [-0.25, -0.2) is 0 Å². The Morgan fingerprint density at radius 3 is 2.50 bits per heavy atom. The SMILES string of the molecule is CCCC[C@@H](O)[C@H]1CC[C@H]([C@H](I)CCC)O1. The number of rotatable bonds is 7. The van der Waals surface area contributed by atoms with Crippen LogP contribution in [0.4, 0.5) is 0 Å². The van der Waals surface area contributed by atoms with E-state index in [-0.39, 0.29) is 12.2 Å². The van der Waals surface area contributed by atoms with Gasteiger partial charge in [-0.3, -0.25) is 0 Å². The number of alkyl halides is 1. The summed E-state index contributed by atoms with van der Waals surface area (Å²) in [5, 5.41) is 9.98. The van der Waals surface area contributed by atoms with E-state index in [1.54, 1.807) is 0 Å². The maximum absolute atomic E-state index is 9.98. The van der Waals surface area contributed by atoms with Gasteiger partial charge in [0.25, 0.3) is 0 Å². The Balaban J connectivity index is 2.28. The number of aliphatic hydroxyl groups is 1. The summed E-state index contributed by atoms with van der Waals surface area (Å²) in [7, 11) is 0. The van der Waals surface area contributed by atoms with Crippen LogP contribution < -0.4 is 0 Å². The molecule has 1 rings (SSSR count). The molecule has 2 nitrogen and oxygen atoms in total. The second kappa shape index (κ2) is 7.88. The normalized spacial score (nSPS) is 29.2. The molecule has 0 unspecified atom stereocenters. The Morgan fingerprint density at radius 2 is 1.88 bits per heavy atom. The molecule has 0 aromatic rings.